The Morgan fingerprint density at radius 1 is 1.38 bits per heavy atom. The van der Waals surface area contributed by atoms with E-state index in [0.29, 0.717) is 0 Å². The van der Waals surface area contributed by atoms with E-state index in [1.165, 1.54) is 11.9 Å². The minimum Gasteiger partial charge on any atom is -0.343 e. The number of para-hydroxylation sites is 2. The van der Waals surface area contributed by atoms with Crippen molar-refractivity contribution < 1.29 is 0 Å². The fourth-order valence-corrected chi connectivity index (χ4v) is 2.25. The van der Waals surface area contributed by atoms with Crippen LogP contribution in [0.1, 0.15) is 13.3 Å². The first kappa shape index (κ1) is 9.66. The fourth-order valence-electron chi connectivity index (χ4n) is 2.25. The summed E-state index contributed by atoms with van der Waals surface area (Å²) in [6.07, 6.45) is 1.18. The molecule has 0 spiro atoms. The molecule has 0 saturated carbocycles. The molecule has 1 aliphatic rings. The van der Waals surface area contributed by atoms with Gasteiger partial charge in [-0.1, -0.05) is 19.1 Å². The van der Waals surface area contributed by atoms with Crippen molar-refractivity contribution in [2.75, 3.05) is 18.5 Å². The summed E-state index contributed by atoms with van der Waals surface area (Å²) in [6.45, 7) is 5.17. The van der Waals surface area contributed by atoms with Crippen molar-refractivity contribution >= 4 is 17.0 Å². The van der Waals surface area contributed by atoms with Crippen molar-refractivity contribution in [2.24, 2.45) is 0 Å². The van der Waals surface area contributed by atoms with Crippen LogP contribution in [0.4, 0.5) is 5.95 Å². The molecule has 0 saturated heterocycles. The third-order valence-corrected chi connectivity index (χ3v) is 3.00. The summed E-state index contributed by atoms with van der Waals surface area (Å²) >= 11 is 0. The van der Waals surface area contributed by atoms with Crippen LogP contribution in [0.5, 0.6) is 0 Å². The third kappa shape index (κ3) is 1.46. The Hall–Kier alpha value is -1.55. The SMILES string of the molecule is CCCN1CNc2nc3ccccc3n2C1. The highest BCUT2D eigenvalue weighted by Crippen LogP contribution is 2.22. The monoisotopic (exact) mass is 216 g/mol. The van der Waals surface area contributed by atoms with Crippen LogP contribution in [0.15, 0.2) is 24.3 Å². The van der Waals surface area contributed by atoms with E-state index in [1.807, 2.05) is 6.07 Å². The maximum Gasteiger partial charge on any atom is 0.206 e. The molecule has 84 valence electrons. The molecule has 0 aliphatic carbocycles. The Kier molecular flexibility index (Phi) is 2.29. The minimum atomic E-state index is 0.900. The Morgan fingerprint density at radius 3 is 3.12 bits per heavy atom. The zero-order valence-electron chi connectivity index (χ0n) is 9.48. The maximum absolute atomic E-state index is 4.57. The van der Waals surface area contributed by atoms with Gasteiger partial charge in [-0.25, -0.2) is 4.98 Å². The second-order valence-electron chi connectivity index (χ2n) is 4.22. The first-order valence-electron chi connectivity index (χ1n) is 5.80. The number of imidazole rings is 1. The van der Waals surface area contributed by atoms with Gasteiger partial charge in [0.2, 0.25) is 5.95 Å². The molecule has 16 heavy (non-hydrogen) atoms. The van der Waals surface area contributed by atoms with Gasteiger partial charge in [-0.2, -0.15) is 0 Å². The zero-order chi connectivity index (χ0) is 11.0. The van der Waals surface area contributed by atoms with Gasteiger partial charge in [0.25, 0.3) is 0 Å². The normalized spacial score (nSPS) is 16.1. The number of nitrogens with one attached hydrogen (secondary N) is 1. The quantitative estimate of drug-likeness (QED) is 0.834. The second kappa shape index (κ2) is 3.79. The van der Waals surface area contributed by atoms with E-state index in [9.17, 15) is 0 Å². The van der Waals surface area contributed by atoms with E-state index < -0.39 is 0 Å². The molecule has 4 heteroatoms. The molecular weight excluding hydrogens is 200 g/mol. The molecule has 0 bridgehead atoms. The Balaban J connectivity index is 2.01. The highest BCUT2D eigenvalue weighted by atomic mass is 15.4. The molecule has 0 unspecified atom stereocenters. The Morgan fingerprint density at radius 2 is 2.25 bits per heavy atom. The highest BCUT2D eigenvalue weighted by molar-refractivity contribution is 5.78. The predicted molar refractivity (Wildman–Crippen MR) is 65.2 cm³/mol. The summed E-state index contributed by atoms with van der Waals surface area (Å²) in [5.41, 5.74) is 2.29. The van der Waals surface area contributed by atoms with E-state index >= 15 is 0 Å². The number of hydrogen-bond acceptors (Lipinski definition) is 3. The Bertz CT molecular complexity index is 503. The van der Waals surface area contributed by atoms with Crippen LogP contribution in [0.3, 0.4) is 0 Å². The first-order valence-corrected chi connectivity index (χ1v) is 5.80. The van der Waals surface area contributed by atoms with E-state index in [1.54, 1.807) is 0 Å². The van der Waals surface area contributed by atoms with Gasteiger partial charge in [0, 0.05) is 6.54 Å². The number of fused-ring (bicyclic) bond motifs is 3. The average molecular weight is 216 g/mol. The van der Waals surface area contributed by atoms with Crippen LogP contribution in [-0.4, -0.2) is 27.7 Å². The number of rotatable bonds is 2. The van der Waals surface area contributed by atoms with Crippen molar-refractivity contribution in [3.05, 3.63) is 24.3 Å². The number of anilines is 1. The molecule has 0 amide bonds. The van der Waals surface area contributed by atoms with E-state index in [2.05, 4.69) is 44.9 Å². The second-order valence-corrected chi connectivity index (χ2v) is 4.22. The van der Waals surface area contributed by atoms with Gasteiger partial charge in [-0.15, -0.1) is 0 Å². The summed E-state index contributed by atoms with van der Waals surface area (Å²) in [4.78, 5) is 6.96. The van der Waals surface area contributed by atoms with Gasteiger partial charge < -0.3 is 5.32 Å². The van der Waals surface area contributed by atoms with Crippen LogP contribution in [0, 0.1) is 0 Å². The molecule has 1 aromatic carbocycles. The molecule has 2 heterocycles. The summed E-state index contributed by atoms with van der Waals surface area (Å²) in [6, 6.07) is 8.29. The summed E-state index contributed by atoms with van der Waals surface area (Å²) in [7, 11) is 0. The van der Waals surface area contributed by atoms with Gasteiger partial charge in [-0.05, 0) is 18.6 Å². The zero-order valence-corrected chi connectivity index (χ0v) is 9.48. The lowest BCUT2D eigenvalue weighted by atomic mass is 10.3. The molecule has 0 fully saturated rings. The maximum atomic E-state index is 4.57. The predicted octanol–water partition coefficient (Wildman–Crippen LogP) is 2.09. The lowest BCUT2D eigenvalue weighted by Gasteiger charge is -2.28. The fraction of sp³-hybridized carbons (Fsp3) is 0.417. The van der Waals surface area contributed by atoms with Crippen LogP contribution >= 0.6 is 0 Å². The van der Waals surface area contributed by atoms with Gasteiger partial charge in [0.1, 0.15) is 0 Å². The summed E-state index contributed by atoms with van der Waals surface area (Å²) in [5, 5.41) is 3.36. The average Bonchev–Trinajstić information content (AvgIpc) is 2.68. The van der Waals surface area contributed by atoms with Crippen LogP contribution in [0.25, 0.3) is 11.0 Å². The molecule has 4 nitrogen and oxygen atoms in total. The molecule has 1 aromatic heterocycles. The van der Waals surface area contributed by atoms with Crippen molar-refractivity contribution in [1.29, 1.82) is 0 Å². The van der Waals surface area contributed by atoms with E-state index in [0.717, 1.165) is 31.3 Å². The molecular formula is C12H16N4. The van der Waals surface area contributed by atoms with E-state index in [4.69, 9.17) is 0 Å². The molecule has 0 atom stereocenters. The van der Waals surface area contributed by atoms with Crippen LogP contribution < -0.4 is 5.32 Å². The minimum absolute atomic E-state index is 0.900. The van der Waals surface area contributed by atoms with Gasteiger partial charge in [0.05, 0.1) is 24.4 Å². The van der Waals surface area contributed by atoms with Gasteiger partial charge in [-0.3, -0.25) is 9.47 Å². The van der Waals surface area contributed by atoms with Crippen molar-refractivity contribution in [1.82, 2.24) is 14.5 Å². The topological polar surface area (TPSA) is 33.1 Å². The number of hydrogen-bond donors (Lipinski definition) is 1. The lowest BCUT2D eigenvalue weighted by molar-refractivity contribution is 0.223. The molecule has 2 aromatic rings. The molecule has 3 rings (SSSR count). The molecule has 1 N–H and O–H groups in total. The summed E-state index contributed by atoms with van der Waals surface area (Å²) in [5.74, 6) is 0.994. The first-order chi connectivity index (χ1) is 7.88. The lowest BCUT2D eigenvalue weighted by Crippen LogP contribution is -2.37. The van der Waals surface area contributed by atoms with Crippen LogP contribution in [0.2, 0.25) is 0 Å². The van der Waals surface area contributed by atoms with Gasteiger partial charge >= 0.3 is 0 Å². The number of aromatic nitrogens is 2. The van der Waals surface area contributed by atoms with E-state index in [-0.39, 0.29) is 0 Å². The van der Waals surface area contributed by atoms with Gasteiger partial charge in [0.15, 0.2) is 0 Å². The highest BCUT2D eigenvalue weighted by Gasteiger charge is 2.17. The van der Waals surface area contributed by atoms with Crippen molar-refractivity contribution in [3.63, 3.8) is 0 Å². The smallest absolute Gasteiger partial charge is 0.206 e. The number of nitrogens with zero attached hydrogens (tertiary/aromatic N) is 3. The number of benzene rings is 1. The Labute approximate surface area is 94.9 Å². The molecule has 0 radical (unpaired) electrons. The van der Waals surface area contributed by atoms with Crippen LogP contribution in [-0.2, 0) is 6.67 Å². The standard InChI is InChI=1S/C12H16N4/c1-2-7-15-8-13-12-14-10-5-3-4-6-11(10)16(12)9-15/h3-6H,2,7-9H2,1H3,(H,13,14). The largest absolute Gasteiger partial charge is 0.343 e. The van der Waals surface area contributed by atoms with Crippen molar-refractivity contribution in [2.45, 2.75) is 20.0 Å². The van der Waals surface area contributed by atoms with Crippen molar-refractivity contribution in [3.8, 4) is 0 Å². The third-order valence-electron chi connectivity index (χ3n) is 3.00. The molecule has 1 aliphatic heterocycles. The summed E-state index contributed by atoms with van der Waals surface area (Å²) < 4.78 is 2.24.